The van der Waals surface area contributed by atoms with Gasteiger partial charge in [-0.25, -0.2) is 0 Å². The average Bonchev–Trinajstić information content (AvgIpc) is 0.977. The number of nitrogens with one attached hydrogen (secondary N) is 8. The van der Waals surface area contributed by atoms with Crippen LogP contribution in [-0.4, -0.2) is 192 Å². The normalized spacial score (nSPS) is 13.0. The van der Waals surface area contributed by atoms with Crippen LogP contribution in [0.4, 0.5) is 0 Å². The smallest absolute Gasteiger partial charge is 0.322 e. The first-order valence-corrected chi connectivity index (χ1v) is 26.0. The molecule has 2 heterocycles. The van der Waals surface area contributed by atoms with Crippen molar-refractivity contribution in [2.75, 3.05) is 65.6 Å². The van der Waals surface area contributed by atoms with Gasteiger partial charge in [-0.3, -0.25) is 81.7 Å². The summed E-state index contributed by atoms with van der Waals surface area (Å²) in [4.78, 5) is 188. The van der Waals surface area contributed by atoms with E-state index >= 15 is 0 Å². The minimum absolute atomic E-state index is 0.0192. The van der Waals surface area contributed by atoms with Gasteiger partial charge in [-0.1, -0.05) is 24.3 Å². The summed E-state index contributed by atoms with van der Waals surface area (Å²) in [5, 5.41) is 47.2. The van der Waals surface area contributed by atoms with Gasteiger partial charge in [0.05, 0.1) is 45.7 Å². The van der Waals surface area contributed by atoms with Gasteiger partial charge in [0.25, 0.3) is 23.6 Å². The Kier molecular flexibility index (Phi) is 21.8. The molecule has 2 aliphatic rings. The van der Waals surface area contributed by atoms with E-state index in [9.17, 15) is 77.0 Å². The van der Waals surface area contributed by atoms with E-state index in [1.54, 1.807) is 24.3 Å². The average molecular weight is 1170 g/mol. The third-order valence-corrected chi connectivity index (χ3v) is 12.7. The molecule has 0 unspecified atom stereocenters. The molecule has 0 saturated carbocycles. The first kappa shape index (κ1) is 62.6. The monoisotopic (exact) mass is 1170 g/mol. The minimum atomic E-state index is -1.71. The summed E-state index contributed by atoms with van der Waals surface area (Å²) in [5.41, 5.74) is -0.0943. The summed E-state index contributed by atoms with van der Waals surface area (Å²) in [5.74, 6) is -12.4. The lowest BCUT2D eigenvalue weighted by atomic mass is 9.86. The molecule has 2 aliphatic heterocycles. The fourth-order valence-corrected chi connectivity index (χ4v) is 8.79. The van der Waals surface area contributed by atoms with E-state index in [4.69, 9.17) is 19.7 Å². The molecule has 2 atom stereocenters. The van der Waals surface area contributed by atoms with Gasteiger partial charge in [0.1, 0.15) is 30.1 Å². The van der Waals surface area contributed by atoms with E-state index in [-0.39, 0.29) is 85.3 Å². The van der Waals surface area contributed by atoms with Crippen molar-refractivity contribution < 1.29 is 96.7 Å². The van der Waals surface area contributed by atoms with Crippen LogP contribution in [0.2, 0.25) is 0 Å². The second-order valence-corrected chi connectivity index (χ2v) is 18.8. The Morgan fingerprint density at radius 3 is 1.42 bits per heavy atom. The highest BCUT2D eigenvalue weighted by molar-refractivity contribution is 6.33. The maximum Gasteiger partial charge on any atom is 0.322 e. The van der Waals surface area contributed by atoms with E-state index in [2.05, 4.69) is 42.5 Å². The Morgan fingerprint density at radius 2 is 0.893 bits per heavy atom. The van der Waals surface area contributed by atoms with E-state index in [1.165, 1.54) is 31.2 Å². The van der Waals surface area contributed by atoms with Crippen molar-refractivity contribution >= 4 is 110 Å². The number of rotatable bonds is 32. The second-order valence-electron chi connectivity index (χ2n) is 18.8. The van der Waals surface area contributed by atoms with Crippen molar-refractivity contribution in [3.05, 3.63) is 82.9 Å². The van der Waals surface area contributed by atoms with Gasteiger partial charge in [0.2, 0.25) is 47.3 Å². The molecule has 0 bridgehead atoms. The predicted molar refractivity (Wildman–Crippen MR) is 288 cm³/mol. The van der Waals surface area contributed by atoms with Gasteiger partial charge in [0.15, 0.2) is 0 Å². The topological polar surface area (TPSA) is 438 Å². The first-order valence-electron chi connectivity index (χ1n) is 26.0. The lowest BCUT2D eigenvalue weighted by molar-refractivity contribution is -0.141. The third kappa shape index (κ3) is 16.8. The molecule has 6 rings (SSSR count). The zero-order chi connectivity index (χ0) is 61.2. The number of carboxylic acids is 3. The molecule has 12 amide bonds. The summed E-state index contributed by atoms with van der Waals surface area (Å²) < 4.78 is 11.9. The standard InChI is InChI=1S/C54H58N10O20/c1-28(65)61-35(22-44(71)72)49(77)56-16-5-21-84-38-9-3-6-29-30(38)7-2-8-37(29)83-20-4-10-39(66)57-24-42(69)58-26-43(70)62-36(23-45(73)74)50(78)60-25-41(68)55-17-19-64-53(81)33-13-11-31-47-32(12-14-34(48(33)47)54(64)82)52(80)63(51(31)79)18-15-40(67)59-27-46(75)76/h2-3,6-9,11-14,35-36H,4-5,10,15-27H2,1H3,(H,55,68)(H,56,77)(H,57,66)(H,58,69)(H,59,67)(H,60,78)(H,61,65)(H,62,70)(H,71,72)(H,73,74)(H,75,76)/t35-,36+/m1/s1. The maximum absolute atomic E-state index is 13.7. The SMILES string of the molecule is CC(=O)N[C@H](CC(=O)O)C(=O)NCCCOc1cccc2c(OCCCC(=O)NCC(=O)NCC(=O)N[C@@H](CC(=O)O)C(=O)NCC(=O)NCCN3C(=O)c4ccc5c6c(ccc(c46)C3=O)C(=O)N(CCC(=O)NCC(=O)O)C5=O)cccc12. The summed E-state index contributed by atoms with van der Waals surface area (Å²) in [7, 11) is 0. The van der Waals surface area contributed by atoms with Gasteiger partial charge in [-0.2, -0.15) is 0 Å². The van der Waals surface area contributed by atoms with Crippen LogP contribution in [0.5, 0.6) is 11.5 Å². The molecule has 84 heavy (non-hydrogen) atoms. The Hall–Kier alpha value is -10.6. The number of hydrogen-bond acceptors (Lipinski definition) is 17. The molecule has 0 aliphatic carbocycles. The van der Waals surface area contributed by atoms with Gasteiger partial charge in [-0.05, 0) is 49.2 Å². The van der Waals surface area contributed by atoms with Crippen LogP contribution < -0.4 is 52.0 Å². The molecule has 11 N–H and O–H groups in total. The van der Waals surface area contributed by atoms with Crippen LogP contribution in [0.25, 0.3) is 21.5 Å². The Balaban J connectivity index is 0.875. The molecule has 0 fully saturated rings. The van der Waals surface area contributed by atoms with Crippen LogP contribution in [0.15, 0.2) is 60.7 Å². The third-order valence-electron chi connectivity index (χ3n) is 12.7. The molecule has 0 saturated heterocycles. The number of aliphatic carboxylic acids is 3. The maximum atomic E-state index is 13.7. The van der Waals surface area contributed by atoms with E-state index in [0.29, 0.717) is 28.7 Å². The number of nitrogens with zero attached hydrogens (tertiary/aromatic N) is 2. The summed E-state index contributed by atoms with van der Waals surface area (Å²) in [6.45, 7) is -2.15. The molecule has 444 valence electrons. The number of hydrogen-bond donors (Lipinski definition) is 11. The summed E-state index contributed by atoms with van der Waals surface area (Å²) in [6.07, 6.45) is -1.34. The first-order chi connectivity index (χ1) is 40.0. The minimum Gasteiger partial charge on any atom is -0.493 e. The van der Waals surface area contributed by atoms with Crippen molar-refractivity contribution in [2.45, 2.75) is 57.5 Å². The number of carbonyl (C=O) groups excluding carboxylic acids is 12. The molecular formula is C54H58N10O20. The van der Waals surface area contributed by atoms with E-state index in [1.807, 2.05) is 12.1 Å². The van der Waals surface area contributed by atoms with Crippen LogP contribution in [-0.2, 0) is 52.7 Å². The number of imide groups is 2. The number of fused-ring (bicyclic) bond motifs is 1. The van der Waals surface area contributed by atoms with Crippen molar-refractivity contribution in [1.82, 2.24) is 52.3 Å². The number of carbonyl (C=O) groups is 15. The largest absolute Gasteiger partial charge is 0.493 e. The highest BCUT2D eigenvalue weighted by atomic mass is 16.5. The van der Waals surface area contributed by atoms with Crippen molar-refractivity contribution in [3.63, 3.8) is 0 Å². The van der Waals surface area contributed by atoms with Gasteiger partial charge < -0.3 is 67.3 Å². The van der Waals surface area contributed by atoms with Crippen molar-refractivity contribution in [2.24, 2.45) is 0 Å². The van der Waals surface area contributed by atoms with Crippen molar-refractivity contribution in [3.8, 4) is 11.5 Å². The van der Waals surface area contributed by atoms with E-state index < -0.39 is 146 Å². The van der Waals surface area contributed by atoms with Crippen LogP contribution in [0, 0.1) is 0 Å². The van der Waals surface area contributed by atoms with Crippen LogP contribution in [0.1, 0.15) is 86.9 Å². The number of ether oxygens (including phenoxy) is 2. The Morgan fingerprint density at radius 1 is 0.452 bits per heavy atom. The molecule has 0 radical (unpaired) electrons. The second kappa shape index (κ2) is 29.2. The Labute approximate surface area is 475 Å². The fraction of sp³-hybridized carbons (Fsp3) is 0.352. The van der Waals surface area contributed by atoms with Gasteiger partial charge in [-0.15, -0.1) is 0 Å². The summed E-state index contributed by atoms with van der Waals surface area (Å²) >= 11 is 0. The molecule has 4 aromatic carbocycles. The van der Waals surface area contributed by atoms with E-state index in [0.717, 1.165) is 9.80 Å². The van der Waals surface area contributed by atoms with Gasteiger partial charge >= 0.3 is 17.9 Å². The highest BCUT2D eigenvalue weighted by Gasteiger charge is 2.40. The summed E-state index contributed by atoms with van der Waals surface area (Å²) in [6, 6.07) is 12.8. The lowest BCUT2D eigenvalue weighted by Gasteiger charge is -2.31. The molecule has 0 aromatic heterocycles. The molecule has 0 spiro atoms. The van der Waals surface area contributed by atoms with Crippen LogP contribution >= 0.6 is 0 Å². The zero-order valence-electron chi connectivity index (χ0n) is 44.9. The fourth-order valence-electron chi connectivity index (χ4n) is 8.79. The number of carboxylic acid groups (broad SMARTS) is 3. The van der Waals surface area contributed by atoms with Crippen molar-refractivity contribution in [1.29, 1.82) is 0 Å². The molecule has 30 heteroatoms. The van der Waals surface area contributed by atoms with Gasteiger partial charge in [0, 0.05) is 89.7 Å². The number of benzene rings is 4. The molecule has 30 nitrogen and oxygen atoms in total. The Bertz CT molecular complexity index is 3260. The lowest BCUT2D eigenvalue weighted by Crippen LogP contribution is -2.52. The van der Waals surface area contributed by atoms with Crippen LogP contribution in [0.3, 0.4) is 0 Å². The predicted octanol–water partition coefficient (Wildman–Crippen LogP) is -2.08. The number of amides is 12. The molecular weight excluding hydrogens is 1110 g/mol. The highest BCUT2D eigenvalue weighted by Crippen LogP contribution is 2.38. The molecule has 4 aromatic rings. The zero-order valence-corrected chi connectivity index (χ0v) is 44.9. The quantitative estimate of drug-likeness (QED) is 0.0185.